The lowest BCUT2D eigenvalue weighted by molar-refractivity contribution is 0.281. The second-order valence-corrected chi connectivity index (χ2v) is 6.89. The fourth-order valence-electron chi connectivity index (χ4n) is 2.88. The third kappa shape index (κ3) is 3.53. The molecule has 1 aromatic carbocycles. The molecule has 3 heterocycles. The number of benzene rings is 1. The van der Waals surface area contributed by atoms with Gasteiger partial charge >= 0.3 is 11.7 Å². The number of ether oxygens (including phenoxy) is 1. The predicted octanol–water partition coefficient (Wildman–Crippen LogP) is -0.258. The molecule has 1 aliphatic rings. The third-order valence-corrected chi connectivity index (χ3v) is 4.55. The number of nitrogens with zero attached hydrogens (tertiary/aromatic N) is 5. The topological polar surface area (TPSA) is 154 Å². The van der Waals surface area contributed by atoms with Crippen LogP contribution in [0.4, 0.5) is 0 Å². The van der Waals surface area contributed by atoms with Crippen molar-refractivity contribution in [3.63, 3.8) is 0 Å². The van der Waals surface area contributed by atoms with Crippen molar-refractivity contribution in [2.24, 2.45) is 4.99 Å². The first kappa shape index (κ1) is 18.1. The van der Waals surface area contributed by atoms with Crippen LogP contribution in [0.25, 0.3) is 11.7 Å². The van der Waals surface area contributed by atoms with Gasteiger partial charge in [-0.2, -0.15) is 19.6 Å². The van der Waals surface area contributed by atoms with Gasteiger partial charge in [-0.1, -0.05) is 12.1 Å². The monoisotopic (exact) mass is 407 g/mol. The summed E-state index contributed by atoms with van der Waals surface area (Å²) in [7, 11) is 0. The molecule has 0 spiro atoms. The molecule has 152 valence electrons. The Bertz CT molecular complexity index is 1400. The lowest BCUT2D eigenvalue weighted by atomic mass is 10.2. The molecule has 0 aliphatic heterocycles. The van der Waals surface area contributed by atoms with E-state index in [1.54, 1.807) is 36.5 Å². The standard InChI is InChI=1S/C19H17N7O4/c27-9-10-1-5-13(6-2-10)30-19-23-15-11(7-14-16(28)24-18(29)22-14)8-20-26(15)17(25-19)21-12-3-4-12/h1-2,5-8,12,27-28H,3-4,9H2,(H2,22,24,29)/b11-7+,21-17?. The van der Waals surface area contributed by atoms with E-state index in [-0.39, 0.29) is 30.2 Å². The molecule has 4 aromatic rings. The summed E-state index contributed by atoms with van der Waals surface area (Å²) in [4.78, 5) is 29.6. The smallest absolute Gasteiger partial charge is 0.327 e. The van der Waals surface area contributed by atoms with Crippen molar-refractivity contribution in [2.45, 2.75) is 25.5 Å². The molecule has 1 fully saturated rings. The van der Waals surface area contributed by atoms with Crippen molar-refractivity contribution >= 4 is 11.7 Å². The summed E-state index contributed by atoms with van der Waals surface area (Å²) in [5.74, 6) is 0.225. The fraction of sp³-hybridized carbons (Fsp3) is 0.211. The van der Waals surface area contributed by atoms with E-state index in [1.165, 1.54) is 4.52 Å². The van der Waals surface area contributed by atoms with Gasteiger partial charge in [0.2, 0.25) is 5.88 Å². The second kappa shape index (κ2) is 7.12. The number of hydrogen-bond acceptors (Lipinski definition) is 8. The van der Waals surface area contributed by atoms with Gasteiger partial charge in [0, 0.05) is 5.22 Å². The van der Waals surface area contributed by atoms with E-state index in [0.717, 1.165) is 18.4 Å². The molecule has 0 atom stereocenters. The predicted molar refractivity (Wildman–Crippen MR) is 104 cm³/mol. The zero-order valence-corrected chi connectivity index (χ0v) is 15.6. The van der Waals surface area contributed by atoms with Crippen LogP contribution in [-0.4, -0.2) is 45.8 Å². The molecule has 1 saturated carbocycles. The maximum atomic E-state index is 11.4. The van der Waals surface area contributed by atoms with Gasteiger partial charge in [0.05, 0.1) is 18.8 Å². The van der Waals surface area contributed by atoms with E-state index in [4.69, 9.17) is 4.74 Å². The number of imidazole rings is 1. The van der Waals surface area contributed by atoms with E-state index in [1.807, 2.05) is 0 Å². The first-order valence-corrected chi connectivity index (χ1v) is 9.29. The number of aromatic amines is 2. The maximum absolute atomic E-state index is 11.4. The summed E-state index contributed by atoms with van der Waals surface area (Å²) in [6, 6.07) is 7.19. The minimum absolute atomic E-state index is 0.0593. The molecule has 4 N–H and O–H groups in total. The van der Waals surface area contributed by atoms with Crippen LogP contribution in [-0.2, 0) is 6.61 Å². The van der Waals surface area contributed by atoms with Gasteiger partial charge in [-0.15, -0.1) is 0 Å². The number of aromatic hydroxyl groups is 1. The lowest BCUT2D eigenvalue weighted by Crippen LogP contribution is -2.23. The van der Waals surface area contributed by atoms with Gasteiger partial charge in [-0.3, -0.25) is 4.98 Å². The average Bonchev–Trinajstić information content (AvgIpc) is 3.37. The van der Waals surface area contributed by atoms with E-state index in [0.29, 0.717) is 22.2 Å². The van der Waals surface area contributed by atoms with E-state index >= 15 is 0 Å². The normalized spacial score (nSPS) is 15.2. The zero-order chi connectivity index (χ0) is 20.7. The van der Waals surface area contributed by atoms with Crippen LogP contribution in [0, 0.1) is 0 Å². The van der Waals surface area contributed by atoms with E-state index in [9.17, 15) is 15.0 Å². The fourth-order valence-corrected chi connectivity index (χ4v) is 2.88. The van der Waals surface area contributed by atoms with Crippen molar-refractivity contribution in [3.8, 4) is 17.6 Å². The van der Waals surface area contributed by atoms with E-state index < -0.39 is 5.69 Å². The zero-order valence-electron chi connectivity index (χ0n) is 15.6. The Hall–Kier alpha value is -3.99. The lowest BCUT2D eigenvalue weighted by Gasteiger charge is -2.05. The molecule has 0 saturated heterocycles. The molecule has 11 heteroatoms. The maximum Gasteiger partial charge on any atom is 0.327 e. The van der Waals surface area contributed by atoms with Crippen molar-refractivity contribution in [3.05, 3.63) is 63.0 Å². The van der Waals surface area contributed by atoms with Gasteiger partial charge in [0.15, 0.2) is 5.65 Å². The van der Waals surface area contributed by atoms with Crippen LogP contribution < -0.4 is 21.3 Å². The molecule has 0 unspecified atom stereocenters. The summed E-state index contributed by atoms with van der Waals surface area (Å²) < 4.78 is 7.29. The highest BCUT2D eigenvalue weighted by Crippen LogP contribution is 2.22. The first-order chi connectivity index (χ1) is 14.6. The molecule has 11 nitrogen and oxygen atoms in total. The summed E-state index contributed by atoms with van der Waals surface area (Å²) >= 11 is 0. The van der Waals surface area contributed by atoms with Gasteiger partial charge in [0.25, 0.3) is 5.62 Å². The molecule has 0 bridgehead atoms. The number of H-pyrrole nitrogens is 2. The Balaban J connectivity index is 1.64. The number of fused-ring (bicyclic) bond motifs is 1. The van der Waals surface area contributed by atoms with Crippen molar-refractivity contribution in [1.82, 2.24) is 29.5 Å². The molecule has 3 aromatic heterocycles. The summed E-state index contributed by atoms with van der Waals surface area (Å²) in [6.07, 6.45) is 5.07. The molecular weight excluding hydrogens is 390 g/mol. The van der Waals surface area contributed by atoms with Crippen LogP contribution in [0.15, 0.2) is 40.2 Å². The van der Waals surface area contributed by atoms with Crippen LogP contribution in [0.3, 0.4) is 0 Å². The van der Waals surface area contributed by atoms with Crippen molar-refractivity contribution in [2.75, 3.05) is 0 Å². The van der Waals surface area contributed by atoms with Gasteiger partial charge < -0.3 is 19.9 Å². The highest BCUT2D eigenvalue weighted by atomic mass is 16.5. The first-order valence-electron chi connectivity index (χ1n) is 9.29. The van der Waals surface area contributed by atoms with Crippen LogP contribution in [0.1, 0.15) is 24.1 Å². The number of aromatic nitrogens is 6. The molecule has 1 aliphatic carbocycles. The minimum atomic E-state index is -0.523. The Morgan fingerprint density at radius 1 is 1.23 bits per heavy atom. The highest BCUT2D eigenvalue weighted by molar-refractivity contribution is 5.56. The van der Waals surface area contributed by atoms with Gasteiger partial charge in [-0.05, 0) is 36.6 Å². The molecular formula is C19H17N7O4. The van der Waals surface area contributed by atoms with Crippen molar-refractivity contribution in [1.29, 1.82) is 0 Å². The minimum Gasteiger partial charge on any atom is -0.493 e. The number of nitrogens with one attached hydrogen (secondary N) is 2. The third-order valence-electron chi connectivity index (χ3n) is 4.55. The SMILES string of the molecule is O=c1[nH]c(O)c(/C=c2\cnn3c(=NC4CC4)nc(Oc4ccc(CO)cc4)nc23)[nH]1. The molecule has 0 amide bonds. The number of hydrogen-bond donors (Lipinski definition) is 4. The van der Waals surface area contributed by atoms with Crippen molar-refractivity contribution < 1.29 is 14.9 Å². The van der Waals surface area contributed by atoms with Crippen LogP contribution in [0.5, 0.6) is 17.6 Å². The van der Waals surface area contributed by atoms with E-state index in [2.05, 4.69) is 30.0 Å². The quantitative estimate of drug-likeness (QED) is 0.355. The van der Waals surface area contributed by atoms with Gasteiger partial charge in [-0.25, -0.2) is 9.79 Å². The average molecular weight is 407 g/mol. The molecule has 5 rings (SSSR count). The Morgan fingerprint density at radius 3 is 2.70 bits per heavy atom. The van der Waals surface area contributed by atoms with Gasteiger partial charge in [0.1, 0.15) is 11.4 Å². The Morgan fingerprint density at radius 2 is 2.03 bits per heavy atom. The largest absolute Gasteiger partial charge is 0.493 e. The summed E-state index contributed by atoms with van der Waals surface area (Å²) in [5.41, 5.74) is 1.21. The Labute approximate surface area is 168 Å². The summed E-state index contributed by atoms with van der Waals surface area (Å²) in [5, 5.41) is 23.9. The Kier molecular flexibility index (Phi) is 4.29. The molecule has 30 heavy (non-hydrogen) atoms. The second-order valence-electron chi connectivity index (χ2n) is 6.89. The van der Waals surface area contributed by atoms with Crippen LogP contribution in [0.2, 0.25) is 0 Å². The molecule has 0 radical (unpaired) electrons. The van der Waals surface area contributed by atoms with Crippen LogP contribution >= 0.6 is 0 Å². The number of aliphatic hydroxyl groups excluding tert-OH is 1. The number of rotatable bonds is 5. The number of aliphatic hydroxyl groups is 1. The summed E-state index contributed by atoms with van der Waals surface area (Å²) in [6.45, 7) is -0.0593. The highest BCUT2D eigenvalue weighted by Gasteiger charge is 2.21.